The molecule has 0 N–H and O–H groups in total. The van der Waals surface area contributed by atoms with E-state index >= 15 is 0 Å². The first-order chi connectivity index (χ1) is 40.1. The molecule has 446 valence electrons. The van der Waals surface area contributed by atoms with Gasteiger partial charge in [-0.05, 0) is 234 Å². The maximum absolute atomic E-state index is 2.85. The van der Waals surface area contributed by atoms with Crippen LogP contribution in [0.1, 0.15) is 253 Å². The molecule has 3 aliphatic heterocycles. The highest BCUT2D eigenvalue weighted by atomic mass is 15.3. The molecule has 0 aromatic heterocycles. The summed E-state index contributed by atoms with van der Waals surface area (Å²) in [4.78, 5) is 8.46. The van der Waals surface area contributed by atoms with Gasteiger partial charge in [-0.2, -0.15) is 0 Å². The van der Waals surface area contributed by atoms with Crippen LogP contribution in [0.4, 0.5) is 45.5 Å². The molecule has 0 saturated heterocycles. The fourth-order valence-electron chi connectivity index (χ4n) is 18.1. The highest BCUT2D eigenvalue weighted by molar-refractivity contribution is 7.00. The molecule has 14 rings (SSSR count). The first kappa shape index (κ1) is 57.7. The molecule has 86 heavy (non-hydrogen) atoms. The van der Waals surface area contributed by atoms with Gasteiger partial charge in [0.15, 0.2) is 0 Å². The van der Waals surface area contributed by atoms with E-state index in [-0.39, 0.29) is 61.0 Å². The van der Waals surface area contributed by atoms with Gasteiger partial charge in [0.1, 0.15) is 0 Å². The molecule has 1 unspecified atom stereocenters. The number of fused-ring (bicyclic) bond motifs is 10. The van der Waals surface area contributed by atoms with E-state index in [0.29, 0.717) is 0 Å². The summed E-state index contributed by atoms with van der Waals surface area (Å²) in [5.41, 5.74) is 30.6. The second kappa shape index (κ2) is 18.3. The lowest BCUT2D eigenvalue weighted by Crippen LogP contribution is -2.62. The Bertz CT molecular complexity index is 3980. The van der Waals surface area contributed by atoms with Gasteiger partial charge in [-0.3, -0.25) is 0 Å². The summed E-state index contributed by atoms with van der Waals surface area (Å²) in [6.07, 6.45) is 11.9. The van der Waals surface area contributed by atoms with E-state index in [1.165, 1.54) is 168 Å². The van der Waals surface area contributed by atoms with Crippen molar-refractivity contribution < 1.29 is 0 Å². The molecule has 0 spiro atoms. The summed E-state index contributed by atoms with van der Waals surface area (Å²) in [6.45, 7) is 49.8. The normalized spacial score (nSPS) is 23.9. The lowest BCUT2D eigenvalue weighted by molar-refractivity contribution is 0.195. The van der Waals surface area contributed by atoms with Crippen LogP contribution in [0, 0.1) is 0 Å². The molecular formula is C82H100BN3. The van der Waals surface area contributed by atoms with Gasteiger partial charge in [0.25, 0.3) is 6.71 Å². The van der Waals surface area contributed by atoms with Crippen LogP contribution < -0.4 is 31.1 Å². The summed E-state index contributed by atoms with van der Waals surface area (Å²) >= 11 is 0. The third kappa shape index (κ3) is 8.30. The zero-order valence-corrected chi connectivity index (χ0v) is 56.5. The van der Waals surface area contributed by atoms with Gasteiger partial charge in [0, 0.05) is 50.8 Å². The van der Waals surface area contributed by atoms with Gasteiger partial charge < -0.3 is 14.7 Å². The van der Waals surface area contributed by atoms with Gasteiger partial charge in [0.2, 0.25) is 0 Å². The van der Waals surface area contributed by atoms with E-state index in [1.54, 1.807) is 0 Å². The molecule has 3 nitrogen and oxygen atoms in total. The number of rotatable bonds is 4. The topological polar surface area (TPSA) is 9.72 Å². The van der Waals surface area contributed by atoms with Gasteiger partial charge in [0.05, 0.1) is 11.2 Å². The molecule has 1 fully saturated rings. The molecule has 2 atom stereocenters. The smallest absolute Gasteiger partial charge is 0.252 e. The average molecular weight is 1140 g/mol. The molecule has 7 aliphatic rings. The third-order valence-electron chi connectivity index (χ3n) is 24.5. The van der Waals surface area contributed by atoms with Crippen molar-refractivity contribution >= 4 is 68.6 Å². The third-order valence-corrected chi connectivity index (χ3v) is 24.5. The fraction of sp³-hybridized carbons (Fsp3) is 0.488. The Labute approximate surface area is 519 Å². The van der Waals surface area contributed by atoms with Crippen molar-refractivity contribution in [2.24, 2.45) is 0 Å². The maximum atomic E-state index is 2.85. The summed E-state index contributed by atoms with van der Waals surface area (Å²) in [5, 5.41) is 0. The van der Waals surface area contributed by atoms with Gasteiger partial charge >= 0.3 is 0 Å². The van der Waals surface area contributed by atoms with Crippen molar-refractivity contribution in [3.63, 3.8) is 0 Å². The van der Waals surface area contributed by atoms with Crippen molar-refractivity contribution in [3.8, 4) is 11.1 Å². The SMILES string of the molecule is CC(C)(C)c1cc2c3c(c1)N(c1cc4c(cc1-c1ccccc1)C(C)(C)CCC4(C)C)c1cc(N4c5ccc(C(C)(C)C)cc5[C@]5(C)CCCCC45C)ccc1B3c1cc3c(cc1N2c1ccc2c(c1)C(C)(C)CCC2(C)C)C(C)(C)CCC3(C)C. The summed E-state index contributed by atoms with van der Waals surface area (Å²) < 4.78 is 0. The predicted molar refractivity (Wildman–Crippen MR) is 372 cm³/mol. The van der Waals surface area contributed by atoms with Crippen molar-refractivity contribution in [1.82, 2.24) is 0 Å². The Kier molecular flexibility index (Phi) is 12.3. The van der Waals surface area contributed by atoms with Gasteiger partial charge in [-0.15, -0.1) is 0 Å². The first-order valence-electron chi connectivity index (χ1n) is 33.5. The van der Waals surface area contributed by atoms with Gasteiger partial charge in [-0.1, -0.05) is 205 Å². The Morgan fingerprint density at radius 1 is 0.349 bits per heavy atom. The summed E-state index contributed by atoms with van der Waals surface area (Å²) in [7, 11) is 0. The number of nitrogens with zero attached hydrogens (tertiary/aromatic N) is 3. The van der Waals surface area contributed by atoms with Crippen LogP contribution in [-0.4, -0.2) is 12.3 Å². The van der Waals surface area contributed by atoms with Crippen molar-refractivity contribution in [2.45, 2.75) is 257 Å². The van der Waals surface area contributed by atoms with E-state index in [0.717, 1.165) is 19.3 Å². The molecule has 4 aliphatic carbocycles. The lowest BCUT2D eigenvalue weighted by Gasteiger charge is -2.51. The molecule has 1 saturated carbocycles. The molecule has 0 bridgehead atoms. The second-order valence-corrected chi connectivity index (χ2v) is 34.9. The van der Waals surface area contributed by atoms with E-state index in [4.69, 9.17) is 0 Å². The quantitative estimate of drug-likeness (QED) is 0.163. The Morgan fingerprint density at radius 3 is 1.44 bits per heavy atom. The van der Waals surface area contributed by atoms with E-state index in [1.807, 2.05) is 0 Å². The predicted octanol–water partition coefficient (Wildman–Crippen LogP) is 20.8. The van der Waals surface area contributed by atoms with Crippen LogP contribution in [0.15, 0.2) is 121 Å². The van der Waals surface area contributed by atoms with Crippen molar-refractivity contribution in [1.29, 1.82) is 0 Å². The van der Waals surface area contributed by atoms with Crippen LogP contribution in [0.2, 0.25) is 0 Å². The number of hydrogen-bond donors (Lipinski definition) is 0. The van der Waals surface area contributed by atoms with Crippen LogP contribution in [0.25, 0.3) is 11.1 Å². The standard InChI is InChI=1S/C82H100BN3/c1-73(2,3)52-28-33-66-63(42-52)81(19)34-24-25-35-82(81,20)86(66)55-30-32-64-68(46-55)85(67-49-61-59(77(11,12)38-40-79(61,15)16)47-56(67)51-26-22-21-23-27-51)71-44-53(74(4,5)6)43-70-72(71)83(64)65-48-60-62(80(17,18)41-39-78(60,13)14)50-69(65)84(70)54-29-31-57-58(45-54)76(9,10)37-36-75(57,7)8/h21-23,26-33,42-50H,24-25,34-41H2,1-20H3/t81-,82?/m0/s1. The number of benzene rings is 7. The lowest BCUT2D eigenvalue weighted by atomic mass is 9.33. The minimum Gasteiger partial charge on any atom is -0.334 e. The Morgan fingerprint density at radius 2 is 0.849 bits per heavy atom. The molecule has 4 heteroatoms. The summed E-state index contributed by atoms with van der Waals surface area (Å²) in [5.74, 6) is 0. The fourth-order valence-corrected chi connectivity index (χ4v) is 18.1. The Hall–Kier alpha value is -6.00. The molecule has 7 aromatic rings. The number of hydrogen-bond acceptors (Lipinski definition) is 3. The van der Waals surface area contributed by atoms with Crippen molar-refractivity contribution in [3.05, 3.63) is 171 Å². The highest BCUT2D eigenvalue weighted by Gasteiger charge is 2.58. The van der Waals surface area contributed by atoms with Crippen molar-refractivity contribution in [2.75, 3.05) is 14.7 Å². The van der Waals surface area contributed by atoms with Gasteiger partial charge in [-0.25, -0.2) is 0 Å². The Balaban J connectivity index is 1.13. The molecular weight excluding hydrogens is 1040 g/mol. The largest absolute Gasteiger partial charge is 0.334 e. The van der Waals surface area contributed by atoms with E-state index in [9.17, 15) is 0 Å². The summed E-state index contributed by atoms with van der Waals surface area (Å²) in [6, 6.07) is 50.8. The second-order valence-electron chi connectivity index (χ2n) is 34.9. The maximum Gasteiger partial charge on any atom is 0.252 e. The van der Waals surface area contributed by atoms with Crippen LogP contribution >= 0.6 is 0 Å². The van der Waals surface area contributed by atoms with Crippen LogP contribution in [0.5, 0.6) is 0 Å². The zero-order chi connectivity index (χ0) is 61.2. The minimum atomic E-state index is -0.167. The van der Waals surface area contributed by atoms with E-state index in [2.05, 4.69) is 275 Å². The molecule has 3 heterocycles. The average Bonchev–Trinajstić information content (AvgIpc) is 1.03. The zero-order valence-electron chi connectivity index (χ0n) is 56.5. The number of anilines is 8. The highest BCUT2D eigenvalue weighted by Crippen LogP contribution is 2.63. The minimum absolute atomic E-state index is 0.00893. The first-order valence-corrected chi connectivity index (χ1v) is 33.5. The molecule has 7 aromatic carbocycles. The van der Waals surface area contributed by atoms with E-state index < -0.39 is 0 Å². The monoisotopic (exact) mass is 1140 g/mol. The van der Waals surface area contributed by atoms with Crippen LogP contribution in [0.3, 0.4) is 0 Å². The molecule has 0 radical (unpaired) electrons. The van der Waals surface area contributed by atoms with Crippen LogP contribution in [-0.2, 0) is 48.7 Å². The molecule has 0 amide bonds.